The number of carbonyl (C=O) groups excluding carboxylic acids is 1. The Bertz CT molecular complexity index is 624. The minimum atomic E-state index is -0.387. The van der Waals surface area contributed by atoms with E-state index in [4.69, 9.17) is 0 Å². The molecule has 0 aliphatic rings. The van der Waals surface area contributed by atoms with Crippen molar-refractivity contribution in [1.82, 2.24) is 10.3 Å². The van der Waals surface area contributed by atoms with Crippen LogP contribution in [0.3, 0.4) is 0 Å². The van der Waals surface area contributed by atoms with Gasteiger partial charge < -0.3 is 10.4 Å². The summed E-state index contributed by atoms with van der Waals surface area (Å²) < 4.78 is 0. The molecular weight excluding hydrogens is 284 g/mol. The van der Waals surface area contributed by atoms with E-state index in [1.54, 1.807) is 0 Å². The summed E-state index contributed by atoms with van der Waals surface area (Å²) >= 11 is 1.49. The Morgan fingerprint density at radius 1 is 1.38 bits per heavy atom. The van der Waals surface area contributed by atoms with E-state index in [0.29, 0.717) is 0 Å². The number of rotatable bonds is 5. The average molecular weight is 304 g/mol. The third-order valence-corrected chi connectivity index (χ3v) is 4.61. The predicted octanol–water partition coefficient (Wildman–Crippen LogP) is 2.71. The number of nitrogens with one attached hydrogen (secondary N) is 1. The van der Waals surface area contributed by atoms with E-state index in [1.165, 1.54) is 11.3 Å². The average Bonchev–Trinajstić information content (AvgIpc) is 2.91. The topological polar surface area (TPSA) is 62.2 Å². The molecule has 2 atom stereocenters. The van der Waals surface area contributed by atoms with Gasteiger partial charge >= 0.3 is 0 Å². The molecule has 112 valence electrons. The van der Waals surface area contributed by atoms with Crippen molar-refractivity contribution in [1.29, 1.82) is 0 Å². The number of carbonyl (C=O) groups is 1. The second-order valence-electron chi connectivity index (χ2n) is 5.15. The number of hydrogen-bond donors (Lipinski definition) is 2. The zero-order valence-electron chi connectivity index (χ0n) is 12.5. The smallest absolute Gasteiger partial charge is 0.230 e. The molecule has 5 heteroatoms. The van der Waals surface area contributed by atoms with Crippen LogP contribution in [-0.4, -0.2) is 22.6 Å². The van der Waals surface area contributed by atoms with Crippen LogP contribution in [0, 0.1) is 13.8 Å². The lowest BCUT2D eigenvalue weighted by Crippen LogP contribution is -2.34. The van der Waals surface area contributed by atoms with Crippen LogP contribution in [-0.2, 0) is 4.79 Å². The molecule has 0 saturated carbocycles. The Hall–Kier alpha value is -1.72. The van der Waals surface area contributed by atoms with Crippen LogP contribution >= 0.6 is 11.3 Å². The first kappa shape index (κ1) is 15.7. The molecule has 0 spiro atoms. The summed E-state index contributed by atoms with van der Waals surface area (Å²) in [5, 5.41) is 15.2. The summed E-state index contributed by atoms with van der Waals surface area (Å²) in [5.41, 5.74) is 2.91. The van der Waals surface area contributed by atoms with Crippen molar-refractivity contribution >= 4 is 17.2 Å². The highest BCUT2D eigenvalue weighted by atomic mass is 32.1. The minimum Gasteiger partial charge on any atom is -0.394 e. The van der Waals surface area contributed by atoms with Crippen LogP contribution in [0.1, 0.15) is 40.7 Å². The standard InChI is InChI=1S/C16H20N2O2S/c1-10-6-4-5-7-13(10)14(8-19)18-15(20)12(3)16-17-11(2)9-21-16/h4-7,9,12,14,19H,8H2,1-3H3,(H,18,20). The Morgan fingerprint density at radius 2 is 2.10 bits per heavy atom. The molecule has 21 heavy (non-hydrogen) atoms. The van der Waals surface area contributed by atoms with E-state index >= 15 is 0 Å². The molecule has 1 aromatic carbocycles. The maximum atomic E-state index is 12.4. The summed E-state index contributed by atoms with van der Waals surface area (Å²) in [6.07, 6.45) is 0. The van der Waals surface area contributed by atoms with Gasteiger partial charge in [-0.3, -0.25) is 4.79 Å². The van der Waals surface area contributed by atoms with Gasteiger partial charge in [-0.15, -0.1) is 11.3 Å². The molecule has 1 amide bonds. The lowest BCUT2D eigenvalue weighted by molar-refractivity contribution is -0.123. The summed E-state index contributed by atoms with van der Waals surface area (Å²) in [4.78, 5) is 16.7. The number of aliphatic hydroxyl groups excluding tert-OH is 1. The van der Waals surface area contributed by atoms with E-state index < -0.39 is 0 Å². The van der Waals surface area contributed by atoms with Crippen LogP contribution in [0.5, 0.6) is 0 Å². The van der Waals surface area contributed by atoms with Crippen molar-refractivity contribution < 1.29 is 9.90 Å². The highest BCUT2D eigenvalue weighted by molar-refractivity contribution is 7.09. The van der Waals surface area contributed by atoms with Crippen LogP contribution in [0.4, 0.5) is 0 Å². The maximum absolute atomic E-state index is 12.4. The zero-order chi connectivity index (χ0) is 15.4. The summed E-state index contributed by atoms with van der Waals surface area (Å²) in [6.45, 7) is 5.59. The molecule has 1 aromatic heterocycles. The summed E-state index contributed by atoms with van der Waals surface area (Å²) in [5.74, 6) is -0.437. The van der Waals surface area contributed by atoms with Crippen LogP contribution in [0.15, 0.2) is 29.6 Å². The first-order valence-electron chi connectivity index (χ1n) is 6.91. The molecule has 0 saturated heterocycles. The van der Waals surface area contributed by atoms with E-state index in [0.717, 1.165) is 21.8 Å². The van der Waals surface area contributed by atoms with Crippen LogP contribution < -0.4 is 5.32 Å². The van der Waals surface area contributed by atoms with Gasteiger partial charge in [0, 0.05) is 11.1 Å². The zero-order valence-corrected chi connectivity index (χ0v) is 13.3. The van der Waals surface area contributed by atoms with Gasteiger partial charge in [0.2, 0.25) is 5.91 Å². The van der Waals surface area contributed by atoms with Gasteiger partial charge in [0.25, 0.3) is 0 Å². The molecule has 0 fully saturated rings. The number of benzene rings is 1. The van der Waals surface area contributed by atoms with E-state index in [-0.39, 0.29) is 24.5 Å². The molecule has 2 aromatic rings. The number of hydrogen-bond acceptors (Lipinski definition) is 4. The van der Waals surface area contributed by atoms with Gasteiger partial charge in [-0.1, -0.05) is 24.3 Å². The molecule has 0 aliphatic heterocycles. The van der Waals surface area contributed by atoms with Crippen molar-refractivity contribution in [2.75, 3.05) is 6.61 Å². The highest BCUT2D eigenvalue weighted by Gasteiger charge is 2.22. The Labute approximate surface area is 128 Å². The number of aliphatic hydroxyl groups is 1. The number of thiazole rings is 1. The van der Waals surface area contributed by atoms with Crippen molar-refractivity contribution in [3.8, 4) is 0 Å². The molecular formula is C16H20N2O2S. The van der Waals surface area contributed by atoms with Crippen LogP contribution in [0.25, 0.3) is 0 Å². The van der Waals surface area contributed by atoms with E-state index in [9.17, 15) is 9.90 Å². The van der Waals surface area contributed by atoms with Gasteiger partial charge in [0.05, 0.1) is 18.6 Å². The Morgan fingerprint density at radius 3 is 2.67 bits per heavy atom. The highest BCUT2D eigenvalue weighted by Crippen LogP contribution is 2.22. The first-order valence-corrected chi connectivity index (χ1v) is 7.79. The second kappa shape index (κ2) is 6.83. The molecule has 0 radical (unpaired) electrons. The fourth-order valence-electron chi connectivity index (χ4n) is 2.18. The Balaban J connectivity index is 2.11. The van der Waals surface area contributed by atoms with E-state index in [1.807, 2.05) is 50.4 Å². The molecule has 2 N–H and O–H groups in total. The van der Waals surface area contributed by atoms with Crippen molar-refractivity contribution in [3.05, 3.63) is 51.5 Å². The third kappa shape index (κ3) is 3.68. The number of aryl methyl sites for hydroxylation is 2. The fraction of sp³-hybridized carbons (Fsp3) is 0.375. The fourth-order valence-corrected chi connectivity index (χ4v) is 3.03. The molecule has 4 nitrogen and oxygen atoms in total. The monoisotopic (exact) mass is 304 g/mol. The predicted molar refractivity (Wildman–Crippen MR) is 84.4 cm³/mol. The Kier molecular flexibility index (Phi) is 5.09. The molecule has 0 bridgehead atoms. The first-order chi connectivity index (χ1) is 10.0. The van der Waals surface area contributed by atoms with Crippen LogP contribution in [0.2, 0.25) is 0 Å². The minimum absolute atomic E-state index is 0.119. The van der Waals surface area contributed by atoms with Gasteiger partial charge in [-0.25, -0.2) is 4.98 Å². The molecule has 0 aliphatic carbocycles. The lowest BCUT2D eigenvalue weighted by Gasteiger charge is -2.20. The van der Waals surface area contributed by atoms with Gasteiger partial charge in [-0.2, -0.15) is 0 Å². The van der Waals surface area contributed by atoms with E-state index in [2.05, 4.69) is 10.3 Å². The van der Waals surface area contributed by atoms with Gasteiger partial charge in [0.15, 0.2) is 0 Å². The second-order valence-corrected chi connectivity index (χ2v) is 6.04. The molecule has 2 unspecified atom stereocenters. The van der Waals surface area contributed by atoms with Crippen molar-refractivity contribution in [3.63, 3.8) is 0 Å². The molecule has 1 heterocycles. The summed E-state index contributed by atoms with van der Waals surface area (Å²) in [6, 6.07) is 7.36. The number of aromatic nitrogens is 1. The quantitative estimate of drug-likeness (QED) is 0.893. The number of amides is 1. The number of nitrogens with zero attached hydrogens (tertiary/aromatic N) is 1. The van der Waals surface area contributed by atoms with Crippen molar-refractivity contribution in [2.45, 2.75) is 32.7 Å². The van der Waals surface area contributed by atoms with Crippen molar-refractivity contribution in [2.24, 2.45) is 0 Å². The maximum Gasteiger partial charge on any atom is 0.230 e. The third-order valence-electron chi connectivity index (χ3n) is 3.46. The SMILES string of the molecule is Cc1csc(C(C)C(=O)NC(CO)c2ccccc2C)n1. The normalized spacial score (nSPS) is 13.7. The largest absolute Gasteiger partial charge is 0.394 e. The van der Waals surface area contributed by atoms with Gasteiger partial charge in [0.1, 0.15) is 5.01 Å². The lowest BCUT2D eigenvalue weighted by atomic mass is 10.0. The van der Waals surface area contributed by atoms with Gasteiger partial charge in [-0.05, 0) is 31.9 Å². The molecule has 2 rings (SSSR count). The summed E-state index contributed by atoms with van der Waals surface area (Å²) in [7, 11) is 0.